The van der Waals surface area contributed by atoms with E-state index in [2.05, 4.69) is 17.0 Å². The van der Waals surface area contributed by atoms with E-state index in [0.717, 1.165) is 32.0 Å². The number of piperazine rings is 1. The van der Waals surface area contributed by atoms with Crippen molar-refractivity contribution in [1.29, 1.82) is 0 Å². The maximum atomic E-state index is 13.1. The summed E-state index contributed by atoms with van der Waals surface area (Å²) < 4.78 is 51.1. The number of anilines is 1. The molecule has 1 saturated carbocycles. The second-order valence-electron chi connectivity index (χ2n) is 9.01. The number of rotatable bonds is 6. The largest absolute Gasteiger partial charge is 0.490 e. The van der Waals surface area contributed by atoms with E-state index < -0.39 is 11.7 Å². The van der Waals surface area contributed by atoms with Crippen LogP contribution in [0.1, 0.15) is 36.8 Å². The van der Waals surface area contributed by atoms with E-state index in [1.807, 2.05) is 23.1 Å². The van der Waals surface area contributed by atoms with Gasteiger partial charge in [0.15, 0.2) is 0 Å². The molecule has 2 aromatic rings. The van der Waals surface area contributed by atoms with E-state index in [4.69, 9.17) is 9.47 Å². The summed E-state index contributed by atoms with van der Waals surface area (Å²) in [6.07, 6.45) is -1.76. The monoisotopic (exact) mass is 476 g/mol. The van der Waals surface area contributed by atoms with Crippen molar-refractivity contribution in [2.75, 3.05) is 37.7 Å². The first-order valence-corrected chi connectivity index (χ1v) is 11.8. The summed E-state index contributed by atoms with van der Waals surface area (Å²) in [5.74, 6) is 0.248. The van der Waals surface area contributed by atoms with Gasteiger partial charge >= 0.3 is 6.18 Å². The zero-order valence-electron chi connectivity index (χ0n) is 19.4. The summed E-state index contributed by atoms with van der Waals surface area (Å²) in [4.78, 5) is 16.7. The molecule has 1 aliphatic heterocycles. The Morgan fingerprint density at radius 3 is 2.24 bits per heavy atom. The first kappa shape index (κ1) is 24.4. The van der Waals surface area contributed by atoms with Gasteiger partial charge in [-0.25, -0.2) is 0 Å². The lowest BCUT2D eigenvalue weighted by atomic mass is 9.95. The Kier molecular flexibility index (Phi) is 7.66. The average molecular weight is 477 g/mol. The quantitative estimate of drug-likeness (QED) is 0.584. The predicted molar refractivity (Wildman–Crippen MR) is 124 cm³/mol. The minimum Gasteiger partial charge on any atom is -0.490 e. The number of alkyl halides is 3. The van der Waals surface area contributed by atoms with Gasteiger partial charge in [-0.1, -0.05) is 24.3 Å². The number of aryl methyl sites for hydroxylation is 1. The molecule has 8 heteroatoms. The highest BCUT2D eigenvalue weighted by molar-refractivity contribution is 5.77. The van der Waals surface area contributed by atoms with Gasteiger partial charge in [-0.15, -0.1) is 0 Å². The summed E-state index contributed by atoms with van der Waals surface area (Å²) >= 11 is 0. The summed E-state index contributed by atoms with van der Waals surface area (Å²) in [6, 6.07) is 14.3. The van der Waals surface area contributed by atoms with Gasteiger partial charge in [-0.3, -0.25) is 4.79 Å². The number of amides is 1. The van der Waals surface area contributed by atoms with Crippen LogP contribution in [0.4, 0.5) is 18.9 Å². The van der Waals surface area contributed by atoms with Crippen LogP contribution in [0.25, 0.3) is 0 Å². The van der Waals surface area contributed by atoms with E-state index in [9.17, 15) is 18.0 Å². The van der Waals surface area contributed by atoms with Crippen molar-refractivity contribution in [1.82, 2.24) is 4.90 Å². The molecule has 1 amide bonds. The molecule has 2 aromatic carbocycles. The summed E-state index contributed by atoms with van der Waals surface area (Å²) in [5, 5.41) is 0. The molecule has 2 aliphatic rings. The smallest absolute Gasteiger partial charge is 0.416 e. The number of nitrogens with zero attached hydrogens (tertiary/aromatic N) is 2. The molecule has 0 atom stereocenters. The zero-order valence-corrected chi connectivity index (χ0v) is 19.4. The van der Waals surface area contributed by atoms with Crippen molar-refractivity contribution < 1.29 is 27.4 Å². The molecule has 0 spiro atoms. The van der Waals surface area contributed by atoms with Gasteiger partial charge in [0.2, 0.25) is 5.91 Å². The number of ether oxygens (including phenoxy) is 2. The second-order valence-corrected chi connectivity index (χ2v) is 9.01. The van der Waals surface area contributed by atoms with Gasteiger partial charge in [-0.2, -0.15) is 13.2 Å². The Labute approximate surface area is 198 Å². The lowest BCUT2D eigenvalue weighted by Crippen LogP contribution is -2.50. The fourth-order valence-corrected chi connectivity index (χ4v) is 4.62. The molecule has 1 saturated heterocycles. The van der Waals surface area contributed by atoms with Gasteiger partial charge < -0.3 is 19.3 Å². The van der Waals surface area contributed by atoms with E-state index in [-0.39, 0.29) is 36.0 Å². The van der Waals surface area contributed by atoms with E-state index >= 15 is 0 Å². The first-order chi connectivity index (χ1) is 16.3. The SMILES string of the molecule is Cc1ccc(OC2CCC(OCC(=O)N3CCN(c4ccccc4)CC3)CC2)cc1C(F)(F)F. The third-order valence-electron chi connectivity index (χ3n) is 6.63. The van der Waals surface area contributed by atoms with Crippen molar-refractivity contribution in [2.45, 2.75) is 51.0 Å². The minimum atomic E-state index is -4.39. The molecule has 1 heterocycles. The maximum absolute atomic E-state index is 13.1. The van der Waals surface area contributed by atoms with Crippen LogP contribution < -0.4 is 9.64 Å². The number of hydrogen-bond acceptors (Lipinski definition) is 4. The van der Waals surface area contributed by atoms with Gasteiger partial charge in [0.1, 0.15) is 12.4 Å². The Morgan fingerprint density at radius 1 is 0.941 bits per heavy atom. The second kappa shape index (κ2) is 10.7. The topological polar surface area (TPSA) is 42.0 Å². The molecule has 0 radical (unpaired) electrons. The highest BCUT2D eigenvalue weighted by atomic mass is 19.4. The third-order valence-corrected chi connectivity index (χ3v) is 6.63. The summed E-state index contributed by atoms with van der Waals surface area (Å²) in [7, 11) is 0. The number of hydrogen-bond donors (Lipinski definition) is 0. The summed E-state index contributed by atoms with van der Waals surface area (Å²) in [5.41, 5.74) is 0.693. The number of para-hydroxylation sites is 1. The molecule has 0 N–H and O–H groups in total. The van der Waals surface area contributed by atoms with Gasteiger partial charge in [0.25, 0.3) is 0 Å². The van der Waals surface area contributed by atoms with Crippen LogP contribution in [0.2, 0.25) is 0 Å². The maximum Gasteiger partial charge on any atom is 0.416 e. The molecule has 0 bridgehead atoms. The van der Waals surface area contributed by atoms with Crippen LogP contribution in [-0.4, -0.2) is 55.8 Å². The molecule has 5 nitrogen and oxygen atoms in total. The molecule has 184 valence electrons. The molecule has 1 aliphatic carbocycles. The van der Waals surface area contributed by atoms with Gasteiger partial charge in [0.05, 0.1) is 17.8 Å². The van der Waals surface area contributed by atoms with Gasteiger partial charge in [-0.05, 0) is 62.4 Å². The Balaban J connectivity index is 1.18. The fourth-order valence-electron chi connectivity index (χ4n) is 4.62. The van der Waals surface area contributed by atoms with Gasteiger partial charge in [0, 0.05) is 31.9 Å². The van der Waals surface area contributed by atoms with Crippen LogP contribution in [0.3, 0.4) is 0 Å². The van der Waals surface area contributed by atoms with Crippen LogP contribution in [0, 0.1) is 6.92 Å². The zero-order chi connectivity index (χ0) is 24.1. The number of carbonyl (C=O) groups is 1. The molecule has 0 unspecified atom stereocenters. The van der Waals surface area contributed by atoms with Crippen molar-refractivity contribution >= 4 is 11.6 Å². The molecule has 4 rings (SSSR count). The lowest BCUT2D eigenvalue weighted by Gasteiger charge is -2.36. The molecule has 2 fully saturated rings. The third kappa shape index (κ3) is 6.23. The average Bonchev–Trinajstić information content (AvgIpc) is 2.84. The molecule has 0 aromatic heterocycles. The number of carbonyl (C=O) groups excluding carboxylic acids is 1. The Morgan fingerprint density at radius 2 is 1.59 bits per heavy atom. The van der Waals surface area contributed by atoms with Crippen molar-refractivity contribution in [3.63, 3.8) is 0 Å². The fraction of sp³-hybridized carbons (Fsp3) is 0.500. The van der Waals surface area contributed by atoms with E-state index in [1.165, 1.54) is 18.7 Å². The Bertz CT molecular complexity index is 952. The number of halogens is 3. The highest BCUT2D eigenvalue weighted by Gasteiger charge is 2.33. The van der Waals surface area contributed by atoms with Crippen molar-refractivity contribution in [3.8, 4) is 5.75 Å². The molecular weight excluding hydrogens is 445 g/mol. The van der Waals surface area contributed by atoms with E-state index in [1.54, 1.807) is 6.07 Å². The normalized spacial score (nSPS) is 21.4. The predicted octanol–water partition coefficient (Wildman–Crippen LogP) is 5.07. The van der Waals surface area contributed by atoms with Crippen molar-refractivity contribution in [3.05, 3.63) is 59.7 Å². The minimum absolute atomic E-state index is 0.00502. The van der Waals surface area contributed by atoms with E-state index in [0.29, 0.717) is 25.9 Å². The lowest BCUT2D eigenvalue weighted by molar-refractivity contribution is -0.140. The molecule has 34 heavy (non-hydrogen) atoms. The number of benzene rings is 2. The van der Waals surface area contributed by atoms with Crippen LogP contribution in [0.5, 0.6) is 5.75 Å². The van der Waals surface area contributed by atoms with Crippen LogP contribution >= 0.6 is 0 Å². The Hall–Kier alpha value is -2.74. The first-order valence-electron chi connectivity index (χ1n) is 11.8. The van der Waals surface area contributed by atoms with Crippen LogP contribution in [-0.2, 0) is 15.7 Å². The highest BCUT2D eigenvalue weighted by Crippen LogP contribution is 2.35. The molecular formula is C26H31F3N2O3. The standard InChI is InChI=1S/C26H31F3N2O3/c1-19-7-8-23(17-24(19)26(27,28)29)34-22-11-9-21(10-12-22)33-18-25(32)31-15-13-30(14-16-31)20-5-3-2-4-6-20/h2-8,17,21-22H,9-16,18H2,1H3. The van der Waals surface area contributed by atoms with Crippen LogP contribution in [0.15, 0.2) is 48.5 Å². The van der Waals surface area contributed by atoms with Crippen molar-refractivity contribution in [2.24, 2.45) is 0 Å². The summed E-state index contributed by atoms with van der Waals surface area (Å²) in [6.45, 7) is 4.46.